The van der Waals surface area contributed by atoms with E-state index in [9.17, 15) is 4.79 Å². The number of allylic oxidation sites excluding steroid dienone is 1. The number of hydrogen-bond donors (Lipinski definition) is 1. The summed E-state index contributed by atoms with van der Waals surface area (Å²) in [5, 5.41) is 2.94. The van der Waals surface area contributed by atoms with E-state index in [4.69, 9.17) is 0 Å². The Morgan fingerprint density at radius 2 is 2.32 bits per heavy atom. The number of carbonyl (C=O) groups excluding carboxylic acids is 1. The molecule has 2 aromatic rings. The lowest BCUT2D eigenvalue weighted by Crippen LogP contribution is -2.18. The minimum atomic E-state index is 0.111. The van der Waals surface area contributed by atoms with E-state index in [0.717, 1.165) is 24.9 Å². The lowest BCUT2D eigenvalue weighted by Gasteiger charge is -2.18. The predicted octanol–water partition coefficient (Wildman–Crippen LogP) is 3.96. The number of aromatic nitrogens is 2. The van der Waals surface area contributed by atoms with Gasteiger partial charge in [0, 0.05) is 30.7 Å². The average molecular weight is 295 g/mol. The van der Waals surface area contributed by atoms with E-state index in [-0.39, 0.29) is 5.91 Å². The monoisotopic (exact) mass is 295 g/mol. The molecular formula is C18H21N3O. The molecule has 0 saturated heterocycles. The molecule has 114 valence electrons. The first-order chi connectivity index (χ1) is 10.8. The zero-order valence-electron chi connectivity index (χ0n) is 12.9. The molecule has 22 heavy (non-hydrogen) atoms. The first-order valence-corrected chi connectivity index (χ1v) is 7.87. The van der Waals surface area contributed by atoms with Crippen LogP contribution in [0.3, 0.4) is 0 Å². The van der Waals surface area contributed by atoms with Gasteiger partial charge >= 0.3 is 0 Å². The highest BCUT2D eigenvalue weighted by atomic mass is 16.1. The van der Waals surface area contributed by atoms with Crippen molar-refractivity contribution in [2.24, 2.45) is 0 Å². The van der Waals surface area contributed by atoms with Gasteiger partial charge in [-0.05, 0) is 48.1 Å². The minimum absolute atomic E-state index is 0.111. The zero-order chi connectivity index (χ0) is 15.4. The molecule has 1 N–H and O–H groups in total. The van der Waals surface area contributed by atoms with Gasteiger partial charge in [-0.15, -0.1) is 0 Å². The number of rotatable bonds is 5. The number of imidazole rings is 1. The van der Waals surface area contributed by atoms with Gasteiger partial charge in [-0.3, -0.25) is 4.79 Å². The number of hydrogen-bond acceptors (Lipinski definition) is 2. The first-order valence-electron chi connectivity index (χ1n) is 7.87. The van der Waals surface area contributed by atoms with Crippen molar-refractivity contribution in [3.8, 4) is 0 Å². The maximum absolute atomic E-state index is 11.5. The Morgan fingerprint density at radius 1 is 1.41 bits per heavy atom. The summed E-state index contributed by atoms with van der Waals surface area (Å²) in [6.07, 6.45) is 12.5. The molecule has 1 aromatic carbocycles. The largest absolute Gasteiger partial charge is 0.326 e. The van der Waals surface area contributed by atoms with Crippen molar-refractivity contribution >= 4 is 23.4 Å². The predicted molar refractivity (Wildman–Crippen MR) is 89.3 cm³/mol. The number of anilines is 1. The van der Waals surface area contributed by atoms with Crippen LogP contribution in [0.1, 0.15) is 43.7 Å². The maximum atomic E-state index is 11.5. The Balaban J connectivity index is 1.92. The van der Waals surface area contributed by atoms with Gasteiger partial charge in [0.1, 0.15) is 0 Å². The third-order valence-electron chi connectivity index (χ3n) is 4.00. The highest BCUT2D eigenvalue weighted by Gasteiger charge is 2.15. The Kier molecular flexibility index (Phi) is 4.37. The summed E-state index contributed by atoms with van der Waals surface area (Å²) in [6.45, 7) is 2.21. The van der Waals surface area contributed by atoms with Crippen molar-refractivity contribution in [1.82, 2.24) is 9.55 Å². The van der Waals surface area contributed by atoms with Gasteiger partial charge in [-0.2, -0.15) is 0 Å². The summed E-state index contributed by atoms with van der Waals surface area (Å²) >= 11 is 0. The van der Waals surface area contributed by atoms with Gasteiger partial charge in [0.25, 0.3) is 0 Å². The van der Waals surface area contributed by atoms with Crippen LogP contribution in [0.25, 0.3) is 11.8 Å². The molecule has 1 aliphatic heterocycles. The molecule has 4 nitrogen and oxygen atoms in total. The Morgan fingerprint density at radius 3 is 3.09 bits per heavy atom. The molecule has 0 fully saturated rings. The van der Waals surface area contributed by atoms with Crippen LogP contribution in [0, 0.1) is 0 Å². The lowest BCUT2D eigenvalue weighted by atomic mass is 9.95. The van der Waals surface area contributed by atoms with Gasteiger partial charge < -0.3 is 9.88 Å². The second-order valence-electron chi connectivity index (χ2n) is 5.69. The number of amides is 1. The number of nitrogens with zero attached hydrogens (tertiary/aromatic N) is 2. The van der Waals surface area contributed by atoms with Crippen molar-refractivity contribution in [1.29, 1.82) is 0 Å². The lowest BCUT2D eigenvalue weighted by molar-refractivity contribution is -0.116. The molecule has 1 aliphatic rings. The van der Waals surface area contributed by atoms with E-state index < -0.39 is 0 Å². The third kappa shape index (κ3) is 3.27. The summed E-state index contributed by atoms with van der Waals surface area (Å²) in [7, 11) is 0. The summed E-state index contributed by atoms with van der Waals surface area (Å²) in [5.74, 6) is 0.111. The quantitative estimate of drug-likeness (QED) is 0.907. The summed E-state index contributed by atoms with van der Waals surface area (Å²) in [4.78, 5) is 15.6. The van der Waals surface area contributed by atoms with Gasteiger partial charge in [0.15, 0.2) is 0 Å². The van der Waals surface area contributed by atoms with Crippen molar-refractivity contribution in [3.05, 3.63) is 48.0 Å². The van der Waals surface area contributed by atoms with Gasteiger partial charge in [-0.25, -0.2) is 4.98 Å². The molecule has 3 rings (SSSR count). The molecular weight excluding hydrogens is 274 g/mol. The highest BCUT2D eigenvalue weighted by molar-refractivity contribution is 5.94. The van der Waals surface area contributed by atoms with Crippen LogP contribution in [0.2, 0.25) is 0 Å². The second kappa shape index (κ2) is 6.60. The smallest absolute Gasteiger partial charge is 0.224 e. The molecule has 1 aromatic heterocycles. The Hall–Kier alpha value is -2.36. The standard InChI is InChI=1S/C18H21N3O/c1-2-3-4-16(12-21-10-9-19-13-21)14-5-7-17-15(11-14)6-8-18(22)20-17/h5,7,9-13H,2-4,6,8H2,1H3,(H,20,22)/b16-12+. The average Bonchev–Trinajstić information content (AvgIpc) is 3.04. The molecule has 0 radical (unpaired) electrons. The molecule has 0 bridgehead atoms. The van der Waals surface area contributed by atoms with Crippen LogP contribution in [-0.4, -0.2) is 15.5 Å². The molecule has 0 unspecified atom stereocenters. The molecule has 0 aliphatic carbocycles. The van der Waals surface area contributed by atoms with E-state index in [1.54, 1.807) is 6.20 Å². The number of benzene rings is 1. The Bertz CT molecular complexity index is 686. The van der Waals surface area contributed by atoms with E-state index in [2.05, 4.69) is 35.6 Å². The molecule has 2 heterocycles. The fraction of sp³-hybridized carbons (Fsp3) is 0.333. The summed E-state index contributed by atoms with van der Waals surface area (Å²) in [5.41, 5.74) is 4.72. The molecule has 0 saturated carbocycles. The SMILES string of the molecule is CCCC/C(=C\n1ccnc1)c1ccc2c(c1)CCC(=O)N2. The van der Waals surface area contributed by atoms with Crippen LogP contribution in [-0.2, 0) is 11.2 Å². The zero-order valence-corrected chi connectivity index (χ0v) is 12.9. The van der Waals surface area contributed by atoms with Crippen LogP contribution < -0.4 is 5.32 Å². The molecule has 1 amide bonds. The topological polar surface area (TPSA) is 46.9 Å². The van der Waals surface area contributed by atoms with Crippen molar-refractivity contribution in [3.63, 3.8) is 0 Å². The highest BCUT2D eigenvalue weighted by Crippen LogP contribution is 2.29. The van der Waals surface area contributed by atoms with E-state index in [0.29, 0.717) is 6.42 Å². The minimum Gasteiger partial charge on any atom is -0.326 e. The van der Waals surface area contributed by atoms with E-state index >= 15 is 0 Å². The van der Waals surface area contributed by atoms with E-state index in [1.165, 1.54) is 23.1 Å². The van der Waals surface area contributed by atoms with Crippen molar-refractivity contribution < 1.29 is 4.79 Å². The van der Waals surface area contributed by atoms with Crippen LogP contribution >= 0.6 is 0 Å². The number of aryl methyl sites for hydroxylation is 1. The van der Waals surface area contributed by atoms with Crippen molar-refractivity contribution in [2.45, 2.75) is 39.0 Å². The maximum Gasteiger partial charge on any atom is 0.224 e. The summed E-state index contributed by atoms with van der Waals surface area (Å²) < 4.78 is 1.99. The number of unbranched alkanes of at least 4 members (excludes halogenated alkanes) is 1. The fourth-order valence-corrected chi connectivity index (χ4v) is 2.76. The number of nitrogens with one attached hydrogen (secondary N) is 1. The van der Waals surface area contributed by atoms with Crippen molar-refractivity contribution in [2.75, 3.05) is 5.32 Å². The van der Waals surface area contributed by atoms with E-state index in [1.807, 2.05) is 23.2 Å². The molecule has 4 heteroatoms. The van der Waals surface area contributed by atoms with Crippen LogP contribution in [0.5, 0.6) is 0 Å². The normalized spacial score (nSPS) is 14.6. The summed E-state index contributed by atoms with van der Waals surface area (Å²) in [6, 6.07) is 6.34. The van der Waals surface area contributed by atoms with Crippen LogP contribution in [0.4, 0.5) is 5.69 Å². The molecule has 0 atom stereocenters. The number of fused-ring (bicyclic) bond motifs is 1. The fourth-order valence-electron chi connectivity index (χ4n) is 2.76. The third-order valence-corrected chi connectivity index (χ3v) is 4.00. The Labute approximate surface area is 130 Å². The van der Waals surface area contributed by atoms with Gasteiger partial charge in [-0.1, -0.05) is 19.4 Å². The first kappa shape index (κ1) is 14.6. The van der Waals surface area contributed by atoms with Crippen LogP contribution in [0.15, 0.2) is 36.9 Å². The molecule has 0 spiro atoms. The van der Waals surface area contributed by atoms with Gasteiger partial charge in [0.05, 0.1) is 6.33 Å². The number of carbonyl (C=O) groups is 1. The second-order valence-corrected chi connectivity index (χ2v) is 5.69. The van der Waals surface area contributed by atoms with Gasteiger partial charge in [0.2, 0.25) is 5.91 Å².